The van der Waals surface area contributed by atoms with Crippen LogP contribution in [-0.2, 0) is 19.3 Å². The smallest absolute Gasteiger partial charge is 0.173 e. The van der Waals surface area contributed by atoms with Crippen molar-refractivity contribution in [1.82, 2.24) is 4.90 Å². The van der Waals surface area contributed by atoms with Crippen LogP contribution >= 0.6 is 0 Å². The Hall–Kier alpha value is -2.50. The number of hydrogen-bond acceptors (Lipinski definition) is 10. The molecule has 10 nitrogen and oxygen atoms in total. The van der Waals surface area contributed by atoms with Gasteiger partial charge in [0.05, 0.1) is 25.1 Å². The maximum atomic E-state index is 11.1. The molecule has 1 rings (SSSR count). The molecule has 0 unspecified atom stereocenters. The first-order valence-corrected chi connectivity index (χ1v) is 9.19. The van der Waals surface area contributed by atoms with E-state index in [1.165, 1.54) is 6.92 Å². The maximum absolute atomic E-state index is 11.1. The van der Waals surface area contributed by atoms with Crippen LogP contribution in [0.2, 0.25) is 0 Å². The molecule has 0 heterocycles. The summed E-state index contributed by atoms with van der Waals surface area (Å²) in [4.78, 5) is 35.8. The topological polar surface area (TPSA) is 137 Å². The lowest BCUT2D eigenvalue weighted by Gasteiger charge is -2.20. The van der Waals surface area contributed by atoms with Gasteiger partial charge < -0.3 is 14.5 Å². The van der Waals surface area contributed by atoms with Crippen LogP contribution in [0.4, 0.5) is 0 Å². The fourth-order valence-corrected chi connectivity index (χ4v) is 2.09. The van der Waals surface area contributed by atoms with Crippen LogP contribution in [-0.4, -0.2) is 74.9 Å². The van der Waals surface area contributed by atoms with Crippen LogP contribution in [0.1, 0.15) is 25.0 Å². The second-order valence-electron chi connectivity index (χ2n) is 6.07. The average molecular weight is 406 g/mol. The number of nitrogens with two attached hydrogens (primary N) is 2. The Labute approximate surface area is 171 Å². The lowest BCUT2D eigenvalue weighted by molar-refractivity contribution is -0.111. The third-order valence-electron chi connectivity index (χ3n) is 3.90. The molecule has 1 aromatic carbocycles. The van der Waals surface area contributed by atoms with Gasteiger partial charge >= 0.3 is 0 Å². The Morgan fingerprint density at radius 3 is 2.07 bits per heavy atom. The van der Waals surface area contributed by atoms with Crippen LogP contribution in [0.25, 0.3) is 0 Å². The molecule has 0 aliphatic rings. The summed E-state index contributed by atoms with van der Waals surface area (Å²) in [6.45, 7) is 6.56. The molecule has 0 saturated carbocycles. The molecule has 160 valence electrons. The fraction of sp³-hybridized carbons (Fsp3) is 0.474. The molecule has 0 fully saturated rings. The van der Waals surface area contributed by atoms with E-state index < -0.39 is 0 Å². The maximum Gasteiger partial charge on any atom is 0.173 e. The number of Topliss-reactive ketones (excluding diaryl/α,β-unsaturated/α-hetero) is 1. The van der Waals surface area contributed by atoms with Crippen LogP contribution in [0.3, 0.4) is 0 Å². The zero-order valence-corrected chi connectivity index (χ0v) is 17.0. The highest BCUT2D eigenvalue weighted by Gasteiger charge is 2.04. The van der Waals surface area contributed by atoms with E-state index in [4.69, 9.17) is 16.6 Å². The first-order valence-electron chi connectivity index (χ1n) is 9.19. The molecule has 0 amide bonds. The van der Waals surface area contributed by atoms with E-state index in [2.05, 4.69) is 24.8 Å². The van der Waals surface area contributed by atoms with Crippen molar-refractivity contribution >= 4 is 23.9 Å². The summed E-state index contributed by atoms with van der Waals surface area (Å²) in [5.41, 5.74) is 2.30. The second kappa shape index (κ2) is 15.4. The van der Waals surface area contributed by atoms with Crippen molar-refractivity contribution in [3.05, 3.63) is 35.4 Å². The summed E-state index contributed by atoms with van der Waals surface area (Å²) in [6.07, 6.45) is 3.34. The minimum atomic E-state index is -0.0482. The Morgan fingerprint density at radius 1 is 0.966 bits per heavy atom. The summed E-state index contributed by atoms with van der Waals surface area (Å²) < 4.78 is 0. The molecule has 0 aromatic heterocycles. The molecule has 10 heteroatoms. The zero-order valence-electron chi connectivity index (χ0n) is 17.0. The number of carbonyl (C=O) groups excluding carboxylic acids is 1. The Kier molecular flexibility index (Phi) is 13.1. The molecule has 0 aliphatic heterocycles. The number of oxime groups is 1. The number of hydrogen-bond donors (Lipinski definition) is 2. The van der Waals surface area contributed by atoms with Gasteiger partial charge in [0, 0.05) is 32.8 Å². The summed E-state index contributed by atoms with van der Waals surface area (Å²) in [5.74, 6) is 10.1. The van der Waals surface area contributed by atoms with Crippen molar-refractivity contribution < 1.29 is 19.3 Å². The van der Waals surface area contributed by atoms with E-state index >= 15 is 0 Å². The Bertz CT molecular complexity index is 668. The molecule has 0 saturated heterocycles. The van der Waals surface area contributed by atoms with Gasteiger partial charge in [-0.25, -0.2) is 11.8 Å². The predicted octanol–water partition coefficient (Wildman–Crippen LogP) is 0.546. The van der Waals surface area contributed by atoms with Gasteiger partial charge in [-0.15, -0.1) is 0 Å². The van der Waals surface area contributed by atoms with Gasteiger partial charge in [0.15, 0.2) is 5.78 Å². The van der Waals surface area contributed by atoms with Gasteiger partial charge in [0.25, 0.3) is 0 Å². The quantitative estimate of drug-likeness (QED) is 0.246. The van der Waals surface area contributed by atoms with Crippen LogP contribution in [0.5, 0.6) is 0 Å². The molecule has 0 bridgehead atoms. The molecule has 4 N–H and O–H groups in total. The highest BCUT2D eigenvalue weighted by atomic mass is 16.6. The van der Waals surface area contributed by atoms with Gasteiger partial charge in [-0.2, -0.15) is 0 Å². The van der Waals surface area contributed by atoms with E-state index in [-0.39, 0.29) is 12.5 Å². The van der Waals surface area contributed by atoms with Crippen molar-refractivity contribution in [2.24, 2.45) is 26.9 Å². The number of carbonyl (C=O) groups is 1. The largest absolute Gasteiger partial charge is 0.394 e. The molecule has 0 aliphatic carbocycles. The average Bonchev–Trinajstić information content (AvgIpc) is 2.73. The lowest BCUT2D eigenvalue weighted by atomic mass is 10.2. The second-order valence-corrected chi connectivity index (χ2v) is 6.07. The normalized spacial score (nSPS) is 12.4. The molecule has 0 spiro atoms. The van der Waals surface area contributed by atoms with E-state index in [1.54, 1.807) is 19.4 Å². The van der Waals surface area contributed by atoms with Gasteiger partial charge in [0.2, 0.25) is 0 Å². The molecule has 1 aromatic rings. The first kappa shape index (κ1) is 24.5. The van der Waals surface area contributed by atoms with Gasteiger partial charge in [0.1, 0.15) is 13.3 Å². The van der Waals surface area contributed by atoms with E-state index in [0.717, 1.165) is 11.1 Å². The third kappa shape index (κ3) is 11.8. The van der Waals surface area contributed by atoms with Crippen LogP contribution < -0.4 is 11.8 Å². The SMILES string of the molecule is CC(=O)/C(C)=N/C/N=C\c1ccc(/C=N\OCCN(CCON)CCON)cc1. The first-order chi connectivity index (χ1) is 14.1. The minimum absolute atomic E-state index is 0.0482. The van der Waals surface area contributed by atoms with Crippen molar-refractivity contribution in [2.45, 2.75) is 13.8 Å². The summed E-state index contributed by atoms with van der Waals surface area (Å²) in [6, 6.07) is 7.63. The molecule has 0 radical (unpaired) electrons. The number of aliphatic imine (C=N–C) groups is 2. The van der Waals surface area contributed by atoms with Crippen molar-refractivity contribution in [3.63, 3.8) is 0 Å². The molecular formula is C19H30N6O4. The lowest BCUT2D eigenvalue weighted by Crippen LogP contribution is -2.34. The summed E-state index contributed by atoms with van der Waals surface area (Å²) >= 11 is 0. The third-order valence-corrected chi connectivity index (χ3v) is 3.90. The molecule has 0 atom stereocenters. The number of ketones is 1. The number of rotatable bonds is 15. The number of benzene rings is 1. The Morgan fingerprint density at radius 2 is 1.52 bits per heavy atom. The van der Waals surface area contributed by atoms with Crippen molar-refractivity contribution in [3.8, 4) is 0 Å². The van der Waals surface area contributed by atoms with Gasteiger partial charge in [-0.1, -0.05) is 29.4 Å². The number of nitrogens with zero attached hydrogens (tertiary/aromatic N) is 4. The van der Waals surface area contributed by atoms with E-state index in [1.807, 2.05) is 29.2 Å². The highest BCUT2D eigenvalue weighted by molar-refractivity contribution is 6.37. The van der Waals surface area contributed by atoms with Gasteiger partial charge in [-0.3, -0.25) is 19.7 Å². The van der Waals surface area contributed by atoms with Crippen molar-refractivity contribution in [1.29, 1.82) is 0 Å². The summed E-state index contributed by atoms with van der Waals surface area (Å²) in [5, 5.41) is 3.97. The highest BCUT2D eigenvalue weighted by Crippen LogP contribution is 2.01. The van der Waals surface area contributed by atoms with Crippen LogP contribution in [0.15, 0.2) is 39.4 Å². The minimum Gasteiger partial charge on any atom is -0.394 e. The standard InChI is InChI=1S/C19H30N6O4/c1-16(17(2)26)23-15-22-13-18-3-5-19(6-4-18)14-24-29-12-9-25(7-10-27-20)8-11-28-21/h3-6,13-14H,7-12,15,20-21H2,1-2H3/b22-13-,23-16+,24-14-. The van der Waals surface area contributed by atoms with E-state index in [9.17, 15) is 4.79 Å². The van der Waals surface area contributed by atoms with Crippen LogP contribution in [0, 0.1) is 0 Å². The van der Waals surface area contributed by atoms with Gasteiger partial charge in [-0.05, 0) is 18.1 Å². The Balaban J connectivity index is 2.37. The van der Waals surface area contributed by atoms with Crippen molar-refractivity contribution in [2.75, 3.05) is 46.1 Å². The fourth-order valence-electron chi connectivity index (χ4n) is 2.09. The van der Waals surface area contributed by atoms with E-state index in [0.29, 0.717) is 45.2 Å². The monoisotopic (exact) mass is 406 g/mol. The summed E-state index contributed by atoms with van der Waals surface area (Å²) in [7, 11) is 0. The molecular weight excluding hydrogens is 376 g/mol. The predicted molar refractivity (Wildman–Crippen MR) is 113 cm³/mol. The molecule has 29 heavy (non-hydrogen) atoms. The zero-order chi connectivity index (χ0) is 21.3.